The number of carbonyl (C=O) groups is 1. The molecule has 3 nitrogen and oxygen atoms in total. The Labute approximate surface area is 112 Å². The summed E-state index contributed by atoms with van der Waals surface area (Å²) in [7, 11) is 0. The summed E-state index contributed by atoms with van der Waals surface area (Å²) in [5.74, 6) is 0.679. The third kappa shape index (κ3) is 5.74. The van der Waals surface area contributed by atoms with Gasteiger partial charge in [0.05, 0.1) is 0 Å². The quantitative estimate of drug-likeness (QED) is 0.704. The summed E-state index contributed by atoms with van der Waals surface area (Å²) >= 11 is 0. The van der Waals surface area contributed by atoms with Crippen LogP contribution in [0.2, 0.25) is 0 Å². The molecular weight excluding hydrogens is 226 g/mol. The van der Waals surface area contributed by atoms with E-state index >= 15 is 0 Å². The lowest BCUT2D eigenvalue weighted by molar-refractivity contribution is 0.0160. The summed E-state index contributed by atoms with van der Waals surface area (Å²) < 4.78 is 5.44. The molecule has 1 atom stereocenters. The molecule has 1 aliphatic heterocycles. The first-order valence-corrected chi connectivity index (χ1v) is 7.40. The average molecular weight is 255 g/mol. The van der Waals surface area contributed by atoms with Gasteiger partial charge in [-0.2, -0.15) is 0 Å². The van der Waals surface area contributed by atoms with Gasteiger partial charge in [0.25, 0.3) is 0 Å². The molecule has 0 N–H and O–H groups in total. The number of rotatable bonds is 4. The zero-order chi connectivity index (χ0) is 13.6. The monoisotopic (exact) mass is 255 g/mol. The molecule has 0 aromatic rings. The van der Waals surface area contributed by atoms with Gasteiger partial charge in [-0.25, -0.2) is 4.79 Å². The van der Waals surface area contributed by atoms with E-state index in [1.54, 1.807) is 0 Å². The lowest BCUT2D eigenvalue weighted by Gasteiger charge is -2.34. The summed E-state index contributed by atoms with van der Waals surface area (Å²) in [6.45, 7) is 9.75. The molecule has 3 heteroatoms. The van der Waals surface area contributed by atoms with Crippen molar-refractivity contribution in [1.82, 2.24) is 4.90 Å². The first kappa shape index (κ1) is 15.3. The summed E-state index contributed by atoms with van der Waals surface area (Å²) in [6, 6.07) is 0. The van der Waals surface area contributed by atoms with E-state index < -0.39 is 0 Å². The second-order valence-corrected chi connectivity index (χ2v) is 6.43. The minimum atomic E-state index is -0.383. The molecule has 1 heterocycles. The van der Waals surface area contributed by atoms with Crippen LogP contribution in [0.3, 0.4) is 0 Å². The van der Waals surface area contributed by atoms with Crippen molar-refractivity contribution in [2.75, 3.05) is 13.1 Å². The Morgan fingerprint density at radius 2 is 2.06 bits per heavy atom. The van der Waals surface area contributed by atoms with Crippen LogP contribution in [0, 0.1) is 5.92 Å². The number of hydrogen-bond acceptors (Lipinski definition) is 2. The van der Waals surface area contributed by atoms with Crippen LogP contribution in [0.1, 0.15) is 66.2 Å². The summed E-state index contributed by atoms with van der Waals surface area (Å²) in [5.41, 5.74) is -0.383. The highest BCUT2D eigenvalue weighted by molar-refractivity contribution is 5.68. The Morgan fingerprint density at radius 1 is 1.33 bits per heavy atom. The minimum absolute atomic E-state index is 0.136. The number of piperidine rings is 1. The molecular formula is C15H29NO2. The van der Waals surface area contributed by atoms with Crippen LogP contribution in [0.4, 0.5) is 4.79 Å². The number of likely N-dealkylation sites (tertiary alicyclic amines) is 1. The van der Waals surface area contributed by atoms with Crippen LogP contribution in [-0.4, -0.2) is 29.7 Å². The molecule has 1 saturated heterocycles. The van der Waals surface area contributed by atoms with Crippen molar-refractivity contribution in [2.45, 2.75) is 71.8 Å². The van der Waals surface area contributed by atoms with Crippen LogP contribution < -0.4 is 0 Å². The molecule has 0 unspecified atom stereocenters. The van der Waals surface area contributed by atoms with Crippen LogP contribution in [0.25, 0.3) is 0 Å². The largest absolute Gasteiger partial charge is 0.444 e. The Hall–Kier alpha value is -0.730. The SMILES string of the molecule is CCCCC[C@H]1CCCN(C(=O)OC(C)(C)C)C1. The maximum absolute atomic E-state index is 12.0. The van der Waals surface area contributed by atoms with Crippen LogP contribution >= 0.6 is 0 Å². The molecule has 0 aromatic heterocycles. The van der Waals surface area contributed by atoms with Crippen molar-refractivity contribution in [3.05, 3.63) is 0 Å². The molecule has 1 fully saturated rings. The van der Waals surface area contributed by atoms with E-state index in [9.17, 15) is 4.79 Å². The van der Waals surface area contributed by atoms with Crippen molar-refractivity contribution < 1.29 is 9.53 Å². The van der Waals surface area contributed by atoms with Crippen molar-refractivity contribution >= 4 is 6.09 Å². The van der Waals surface area contributed by atoms with Gasteiger partial charge in [-0.3, -0.25) is 0 Å². The van der Waals surface area contributed by atoms with Crippen LogP contribution in [0.15, 0.2) is 0 Å². The van der Waals surface area contributed by atoms with E-state index in [2.05, 4.69) is 6.92 Å². The molecule has 1 aliphatic rings. The maximum atomic E-state index is 12.0. The fourth-order valence-electron chi connectivity index (χ4n) is 2.48. The highest BCUT2D eigenvalue weighted by Crippen LogP contribution is 2.23. The molecule has 1 rings (SSSR count). The summed E-state index contributed by atoms with van der Waals surface area (Å²) in [6.07, 6.45) is 7.38. The third-order valence-corrected chi connectivity index (χ3v) is 3.39. The molecule has 106 valence electrons. The first-order chi connectivity index (χ1) is 8.42. The second kappa shape index (κ2) is 7.01. The van der Waals surface area contributed by atoms with Crippen molar-refractivity contribution in [3.8, 4) is 0 Å². The van der Waals surface area contributed by atoms with Gasteiger partial charge < -0.3 is 9.64 Å². The van der Waals surface area contributed by atoms with Gasteiger partial charge in [-0.1, -0.05) is 26.2 Å². The van der Waals surface area contributed by atoms with E-state index in [1.165, 1.54) is 32.1 Å². The number of ether oxygens (including phenoxy) is 1. The topological polar surface area (TPSA) is 29.5 Å². The lowest BCUT2D eigenvalue weighted by Crippen LogP contribution is -2.42. The second-order valence-electron chi connectivity index (χ2n) is 6.43. The third-order valence-electron chi connectivity index (χ3n) is 3.39. The van der Waals surface area contributed by atoms with E-state index in [4.69, 9.17) is 4.74 Å². The number of carbonyl (C=O) groups excluding carboxylic acids is 1. The Kier molecular flexibility index (Phi) is 5.97. The molecule has 0 aliphatic carbocycles. The molecule has 0 radical (unpaired) electrons. The fourth-order valence-corrected chi connectivity index (χ4v) is 2.48. The zero-order valence-corrected chi connectivity index (χ0v) is 12.5. The van der Waals surface area contributed by atoms with Gasteiger partial charge in [0.2, 0.25) is 0 Å². The highest BCUT2D eigenvalue weighted by atomic mass is 16.6. The van der Waals surface area contributed by atoms with Crippen molar-refractivity contribution in [3.63, 3.8) is 0 Å². The molecule has 0 saturated carbocycles. The lowest BCUT2D eigenvalue weighted by atomic mass is 9.93. The van der Waals surface area contributed by atoms with E-state index in [-0.39, 0.29) is 11.7 Å². The number of amides is 1. The van der Waals surface area contributed by atoms with Crippen molar-refractivity contribution in [2.24, 2.45) is 5.92 Å². The van der Waals surface area contributed by atoms with Gasteiger partial charge in [0.1, 0.15) is 5.60 Å². The zero-order valence-electron chi connectivity index (χ0n) is 12.5. The predicted molar refractivity (Wildman–Crippen MR) is 74.7 cm³/mol. The maximum Gasteiger partial charge on any atom is 0.410 e. The first-order valence-electron chi connectivity index (χ1n) is 7.40. The number of nitrogens with zero attached hydrogens (tertiary/aromatic N) is 1. The highest BCUT2D eigenvalue weighted by Gasteiger charge is 2.27. The van der Waals surface area contributed by atoms with Gasteiger partial charge >= 0.3 is 6.09 Å². The van der Waals surface area contributed by atoms with E-state index in [0.717, 1.165) is 19.5 Å². The molecule has 0 bridgehead atoms. The van der Waals surface area contributed by atoms with Gasteiger partial charge in [0, 0.05) is 13.1 Å². The number of unbranched alkanes of at least 4 members (excludes halogenated alkanes) is 2. The predicted octanol–water partition coefficient (Wildman–Crippen LogP) is 4.21. The summed E-state index contributed by atoms with van der Waals surface area (Å²) in [4.78, 5) is 13.9. The Bertz CT molecular complexity index is 258. The molecule has 0 spiro atoms. The molecule has 1 amide bonds. The van der Waals surface area contributed by atoms with Gasteiger partial charge in [-0.05, 0) is 46.0 Å². The minimum Gasteiger partial charge on any atom is -0.444 e. The van der Waals surface area contributed by atoms with Crippen LogP contribution in [0.5, 0.6) is 0 Å². The normalized spacial score (nSPS) is 20.9. The standard InChI is InChI=1S/C15H29NO2/c1-5-6-7-9-13-10-8-11-16(12-13)14(17)18-15(2,3)4/h13H,5-12H2,1-4H3/t13-/m0/s1. The van der Waals surface area contributed by atoms with Crippen molar-refractivity contribution in [1.29, 1.82) is 0 Å². The van der Waals surface area contributed by atoms with E-state index in [1.807, 2.05) is 25.7 Å². The fraction of sp³-hybridized carbons (Fsp3) is 0.933. The van der Waals surface area contributed by atoms with E-state index in [0.29, 0.717) is 5.92 Å². The Balaban J connectivity index is 2.36. The average Bonchev–Trinajstić information content (AvgIpc) is 2.27. The van der Waals surface area contributed by atoms with Gasteiger partial charge in [-0.15, -0.1) is 0 Å². The summed E-state index contributed by atoms with van der Waals surface area (Å²) in [5, 5.41) is 0. The molecule has 18 heavy (non-hydrogen) atoms. The molecule has 0 aromatic carbocycles. The smallest absolute Gasteiger partial charge is 0.410 e. The van der Waals surface area contributed by atoms with Crippen LogP contribution in [-0.2, 0) is 4.74 Å². The van der Waals surface area contributed by atoms with Gasteiger partial charge in [0.15, 0.2) is 0 Å². The number of hydrogen-bond donors (Lipinski definition) is 0. The Morgan fingerprint density at radius 3 is 2.67 bits per heavy atom.